The number of nitrogens with one attached hydrogen (secondary N) is 2. The predicted octanol–water partition coefficient (Wildman–Crippen LogP) is 6.19. The van der Waals surface area contributed by atoms with Gasteiger partial charge in [-0.05, 0) is 82.5 Å². The van der Waals surface area contributed by atoms with Crippen LogP contribution in [0.3, 0.4) is 0 Å². The van der Waals surface area contributed by atoms with Crippen LogP contribution >= 0.6 is 23.2 Å². The molecule has 0 bridgehead atoms. The Balaban J connectivity index is 0.916. The summed E-state index contributed by atoms with van der Waals surface area (Å²) >= 11 is 13.0. The van der Waals surface area contributed by atoms with Gasteiger partial charge < -0.3 is 50.5 Å². The molecular formula is C58H59Cl2N5O13. The average molecular weight is 1110 g/mol. The third kappa shape index (κ3) is 12.0. The largest absolute Gasteiger partial charge is 0.391 e. The molecular weight excluding hydrogens is 1050 g/mol. The second-order valence-electron chi connectivity index (χ2n) is 19.7. The lowest BCUT2D eigenvalue weighted by molar-refractivity contribution is -0.390. The minimum atomic E-state index is -1.74. The number of amides is 6. The van der Waals surface area contributed by atoms with E-state index >= 15 is 0 Å². The Kier molecular flexibility index (Phi) is 17.7. The van der Waals surface area contributed by atoms with Crippen molar-refractivity contribution in [2.45, 2.75) is 87.7 Å². The summed E-state index contributed by atoms with van der Waals surface area (Å²) in [6, 6.07) is 25.8. The minimum absolute atomic E-state index is 0.0391. The fraction of sp³-hybridized carbons (Fsp3) is 0.345. The van der Waals surface area contributed by atoms with Gasteiger partial charge in [-0.1, -0.05) is 73.2 Å². The number of imide groups is 1. The van der Waals surface area contributed by atoms with Crippen molar-refractivity contribution in [1.82, 2.24) is 10.2 Å². The Morgan fingerprint density at radius 2 is 1.38 bits per heavy atom. The fourth-order valence-corrected chi connectivity index (χ4v) is 10.9. The summed E-state index contributed by atoms with van der Waals surface area (Å²) in [5, 5.41) is 50.8. The summed E-state index contributed by atoms with van der Waals surface area (Å²) in [7, 11) is 0. The van der Waals surface area contributed by atoms with Gasteiger partial charge in [-0.25, -0.2) is 0 Å². The van der Waals surface area contributed by atoms with E-state index in [1.54, 1.807) is 53.5 Å². The summed E-state index contributed by atoms with van der Waals surface area (Å²) < 4.78 is 5.58. The van der Waals surface area contributed by atoms with Crippen LogP contribution in [0.15, 0.2) is 109 Å². The molecule has 0 saturated carbocycles. The van der Waals surface area contributed by atoms with Crippen LogP contribution in [0.5, 0.6) is 5.75 Å². The number of carbonyl (C=O) groups is 6. The maximum atomic E-state index is 14.3. The lowest BCUT2D eigenvalue weighted by atomic mass is 9.95. The predicted molar refractivity (Wildman–Crippen MR) is 295 cm³/mol. The Hall–Kier alpha value is -7.00. The first-order valence-electron chi connectivity index (χ1n) is 25.8. The van der Waals surface area contributed by atoms with Crippen LogP contribution in [0, 0.1) is 0 Å². The monoisotopic (exact) mass is 1100 g/mol. The maximum Gasteiger partial charge on any atom is 0.253 e. The Bertz CT molecular complexity index is 3200. The molecule has 0 spiro atoms. The number of nitrogens with zero attached hydrogens (tertiary/aromatic N) is 3. The molecule has 9 rings (SSSR count). The van der Waals surface area contributed by atoms with Gasteiger partial charge in [-0.3, -0.25) is 33.7 Å². The van der Waals surface area contributed by atoms with E-state index in [0.717, 1.165) is 32.5 Å². The lowest BCUT2D eigenvalue weighted by Crippen LogP contribution is -2.61. The number of aliphatic hydroxyl groups excluding tert-OH is 4. The number of aliphatic hydroxyl groups is 4. The number of unbranched alkanes of at least 4 members (excludes halogenated alkanes) is 2. The standard InChI is InChI=1S/C58H59Cl2N5O13/c1-33(66)57-55(74)54(73)56(75)58(76-57)78-77-45-28-44-53(41-12-7-6-11-40(41)45)38(30-60)32-65(44)50(71)20-15-34-14-16-36(18-21-51(72)64-31-37(29-59)52-39-10-5-4-9-35(39)17-19-43(52)64)42(27-34)62-47(68)24-25-61-46(67)13-3-2-8-26-63-48(69)22-23-49(63)70/h4-7,9-12,14-23,27-28,33,37-38,54-58,66,73-75H,2-3,8,13,24-26,29-32H2,1H3,(H,61,67)(H,62,68)/b20-15+,21-18+/t33?,37-,38-,54+,55+,56-,57-,58+/m1/s1. The van der Waals surface area contributed by atoms with Crippen molar-refractivity contribution in [2.75, 3.05) is 53.1 Å². The van der Waals surface area contributed by atoms with Gasteiger partial charge in [-0.2, -0.15) is 4.89 Å². The number of rotatable bonds is 20. The summed E-state index contributed by atoms with van der Waals surface area (Å²) in [4.78, 5) is 93.8. The van der Waals surface area contributed by atoms with Crippen LogP contribution in [-0.2, 0) is 38.4 Å². The van der Waals surface area contributed by atoms with E-state index in [-0.39, 0.29) is 79.6 Å². The van der Waals surface area contributed by atoms with Crippen molar-refractivity contribution in [2.24, 2.45) is 0 Å². The van der Waals surface area contributed by atoms with Crippen LogP contribution in [0.4, 0.5) is 17.1 Å². The zero-order valence-corrected chi connectivity index (χ0v) is 44.0. The maximum absolute atomic E-state index is 14.3. The van der Waals surface area contributed by atoms with E-state index in [9.17, 15) is 49.2 Å². The molecule has 4 aliphatic rings. The molecule has 0 aliphatic carbocycles. The molecule has 0 aromatic heterocycles. The number of hydrogen-bond donors (Lipinski definition) is 6. The number of benzene rings is 5. The van der Waals surface area contributed by atoms with Gasteiger partial charge in [-0.15, -0.1) is 23.2 Å². The number of hydrogen-bond acceptors (Lipinski definition) is 13. The fourth-order valence-electron chi connectivity index (χ4n) is 10.4. The van der Waals surface area contributed by atoms with Gasteiger partial charge in [0.25, 0.3) is 23.6 Å². The molecule has 18 nitrogen and oxygen atoms in total. The van der Waals surface area contributed by atoms with Gasteiger partial charge in [0.1, 0.15) is 24.4 Å². The molecule has 4 heterocycles. The van der Waals surface area contributed by atoms with Crippen molar-refractivity contribution in [3.05, 3.63) is 131 Å². The third-order valence-corrected chi connectivity index (χ3v) is 15.2. The molecule has 1 saturated heterocycles. The van der Waals surface area contributed by atoms with E-state index in [1.807, 2.05) is 48.5 Å². The topological polar surface area (TPSA) is 245 Å². The molecule has 6 N–H and O–H groups in total. The highest BCUT2D eigenvalue weighted by atomic mass is 35.5. The van der Waals surface area contributed by atoms with Crippen LogP contribution in [0.1, 0.15) is 73.1 Å². The van der Waals surface area contributed by atoms with E-state index in [2.05, 4.69) is 10.6 Å². The number of fused-ring (bicyclic) bond motifs is 6. The van der Waals surface area contributed by atoms with Crippen LogP contribution < -0.4 is 25.3 Å². The highest BCUT2D eigenvalue weighted by molar-refractivity contribution is 6.20. The van der Waals surface area contributed by atoms with Crippen molar-refractivity contribution in [3.63, 3.8) is 0 Å². The van der Waals surface area contributed by atoms with Crippen LogP contribution in [0.25, 0.3) is 33.7 Å². The van der Waals surface area contributed by atoms with E-state index < -0.39 is 48.6 Å². The van der Waals surface area contributed by atoms with Crippen LogP contribution in [0.2, 0.25) is 0 Å². The smallest absolute Gasteiger partial charge is 0.253 e. The Morgan fingerprint density at radius 3 is 2.09 bits per heavy atom. The molecule has 0 radical (unpaired) electrons. The summed E-state index contributed by atoms with van der Waals surface area (Å²) in [5.74, 6) is -1.83. The van der Waals surface area contributed by atoms with Crippen molar-refractivity contribution < 1.29 is 63.7 Å². The lowest BCUT2D eigenvalue weighted by Gasteiger charge is -2.40. The first-order valence-corrected chi connectivity index (χ1v) is 26.9. The summed E-state index contributed by atoms with van der Waals surface area (Å²) in [6.45, 7) is 2.26. The average Bonchev–Trinajstić information content (AvgIpc) is 4.28. The summed E-state index contributed by atoms with van der Waals surface area (Å²) in [6.07, 6.45) is 1.09. The molecule has 8 atom stereocenters. The molecule has 1 unspecified atom stereocenters. The minimum Gasteiger partial charge on any atom is -0.391 e. The highest BCUT2D eigenvalue weighted by Crippen LogP contribution is 2.46. The second kappa shape index (κ2) is 24.8. The molecule has 5 aromatic carbocycles. The molecule has 78 heavy (non-hydrogen) atoms. The number of halogens is 2. The first-order chi connectivity index (χ1) is 37.6. The molecule has 20 heteroatoms. The van der Waals surface area contributed by atoms with Gasteiger partial charge in [0.15, 0.2) is 5.75 Å². The van der Waals surface area contributed by atoms with Crippen molar-refractivity contribution >= 4 is 109 Å². The SMILES string of the molecule is CC(O)[C@H]1O[C@@H](OOc2cc3c(c4ccccc24)[C@H](CCl)CN3C(=O)/C=C/c2ccc(/C=C/C(=O)N3C[C@@H](CCl)c4c3ccc3ccccc43)c(NC(=O)CCNC(=O)CCCCCN3C(=O)C=CC3=O)c2)[C@H](O)[C@@H](O)[C@@H]1O. The Morgan fingerprint density at radius 1 is 0.731 bits per heavy atom. The van der Waals surface area contributed by atoms with E-state index in [1.165, 1.54) is 36.1 Å². The van der Waals surface area contributed by atoms with Gasteiger partial charge in [0, 0.05) is 110 Å². The molecule has 4 aliphatic heterocycles. The highest BCUT2D eigenvalue weighted by Gasteiger charge is 2.47. The second-order valence-corrected chi connectivity index (χ2v) is 20.3. The molecule has 408 valence electrons. The molecule has 1 fully saturated rings. The van der Waals surface area contributed by atoms with Gasteiger partial charge in [0.05, 0.1) is 11.8 Å². The van der Waals surface area contributed by atoms with Crippen molar-refractivity contribution in [1.29, 1.82) is 0 Å². The van der Waals surface area contributed by atoms with Crippen LogP contribution in [-0.4, -0.2) is 136 Å². The zero-order chi connectivity index (χ0) is 55.2. The van der Waals surface area contributed by atoms with Crippen molar-refractivity contribution in [3.8, 4) is 5.75 Å². The zero-order valence-electron chi connectivity index (χ0n) is 42.5. The number of alkyl halides is 2. The third-order valence-electron chi connectivity index (χ3n) is 14.4. The quantitative estimate of drug-likeness (QED) is 0.0127. The first kappa shape index (κ1) is 55.7. The number of ether oxygens (including phenoxy) is 1. The normalized spacial score (nSPS) is 22.2. The van der Waals surface area contributed by atoms with E-state index in [4.69, 9.17) is 37.7 Å². The summed E-state index contributed by atoms with van der Waals surface area (Å²) in [5.41, 5.74) is 4.38. The van der Waals surface area contributed by atoms with E-state index in [0.29, 0.717) is 65.0 Å². The number of carbonyl (C=O) groups excluding carboxylic acids is 6. The number of anilines is 3. The molecule has 5 aromatic rings. The van der Waals surface area contributed by atoms with Gasteiger partial charge >= 0.3 is 0 Å². The molecule has 6 amide bonds. The Labute approximate surface area is 459 Å². The van der Waals surface area contributed by atoms with Gasteiger partial charge in [0.2, 0.25) is 18.1 Å².